The number of benzene rings is 2. The number of carbonyl (C=O) groups is 1. The quantitative estimate of drug-likeness (QED) is 0.272. The zero-order valence-corrected chi connectivity index (χ0v) is 22.6. The topological polar surface area (TPSA) is 46.5 Å². The SMILES string of the molecule is O=C(Cc1cn(Cc2cccc(F)c2)c2sc(CN3CCOCC3)cc2c1=S)NCc1ccc(Cl)cc1. The first-order valence-corrected chi connectivity index (χ1v) is 13.8. The number of rotatable bonds is 8. The molecule has 1 amide bonds. The fourth-order valence-electron chi connectivity index (χ4n) is 4.46. The third kappa shape index (κ3) is 6.64. The summed E-state index contributed by atoms with van der Waals surface area (Å²) >= 11 is 13.5. The first-order valence-electron chi connectivity index (χ1n) is 12.1. The van der Waals surface area contributed by atoms with E-state index in [1.165, 1.54) is 10.9 Å². The number of aromatic nitrogens is 1. The van der Waals surface area contributed by atoms with E-state index in [1.807, 2.05) is 24.4 Å². The van der Waals surface area contributed by atoms with Crippen LogP contribution in [-0.4, -0.2) is 41.7 Å². The van der Waals surface area contributed by atoms with Crippen LogP contribution in [0.3, 0.4) is 0 Å². The minimum absolute atomic E-state index is 0.110. The molecule has 0 bridgehead atoms. The molecular weight excluding hydrogens is 529 g/mol. The van der Waals surface area contributed by atoms with E-state index < -0.39 is 0 Å². The number of nitrogens with one attached hydrogen (secondary N) is 1. The van der Waals surface area contributed by atoms with Gasteiger partial charge >= 0.3 is 0 Å². The summed E-state index contributed by atoms with van der Waals surface area (Å²) < 4.78 is 22.2. The van der Waals surface area contributed by atoms with Crippen LogP contribution in [0.25, 0.3) is 10.2 Å². The summed E-state index contributed by atoms with van der Waals surface area (Å²) in [4.78, 5) is 17.5. The average molecular weight is 556 g/mol. The lowest BCUT2D eigenvalue weighted by molar-refractivity contribution is -0.120. The summed E-state index contributed by atoms with van der Waals surface area (Å²) in [6.07, 6.45) is 2.12. The van der Waals surface area contributed by atoms with Gasteiger partial charge in [0.05, 0.1) is 24.1 Å². The molecule has 3 heterocycles. The molecular formula is C28H27ClFN3O2S2. The summed E-state index contributed by atoms with van der Waals surface area (Å²) in [6, 6.07) is 16.1. The number of halogens is 2. The first kappa shape index (κ1) is 26.0. The molecule has 0 radical (unpaired) electrons. The Kier molecular flexibility index (Phi) is 8.32. The molecule has 5 nitrogen and oxygen atoms in total. The van der Waals surface area contributed by atoms with E-state index in [0.29, 0.717) is 22.6 Å². The van der Waals surface area contributed by atoms with E-state index >= 15 is 0 Å². The molecule has 2 aromatic carbocycles. The van der Waals surface area contributed by atoms with Crippen molar-refractivity contribution in [3.8, 4) is 0 Å². The summed E-state index contributed by atoms with van der Waals surface area (Å²) in [5.41, 5.74) is 2.60. The smallest absolute Gasteiger partial charge is 0.224 e. The van der Waals surface area contributed by atoms with Gasteiger partial charge in [0.2, 0.25) is 5.91 Å². The standard InChI is InChI=1S/C28H27ClFN3O2S2/c29-22-6-4-19(5-7-22)15-31-26(34)13-21-17-33(16-20-2-1-3-23(30)12-20)28-25(27(21)36)14-24(37-28)18-32-8-10-35-11-9-32/h1-7,12,14,17H,8-11,13,15-16,18H2,(H,31,34). The molecule has 9 heteroatoms. The number of carbonyl (C=O) groups excluding carboxylic acids is 1. The Labute approximate surface area is 229 Å². The van der Waals surface area contributed by atoms with E-state index in [0.717, 1.165) is 59.8 Å². The molecule has 0 unspecified atom stereocenters. The maximum atomic E-state index is 13.9. The molecule has 0 aliphatic carbocycles. The number of hydrogen-bond donors (Lipinski definition) is 1. The molecule has 0 saturated carbocycles. The molecule has 2 aromatic heterocycles. The monoisotopic (exact) mass is 555 g/mol. The van der Waals surface area contributed by atoms with Gasteiger partial charge in [-0.3, -0.25) is 9.69 Å². The van der Waals surface area contributed by atoms with Crippen LogP contribution in [0, 0.1) is 10.3 Å². The van der Waals surface area contributed by atoms with E-state index in [4.69, 9.17) is 28.6 Å². The molecule has 1 aliphatic rings. The van der Waals surface area contributed by atoms with Crippen molar-refractivity contribution in [2.75, 3.05) is 26.3 Å². The molecule has 5 rings (SSSR count). The third-order valence-corrected chi connectivity index (χ3v) is 8.24. The summed E-state index contributed by atoms with van der Waals surface area (Å²) in [5.74, 6) is -0.378. The van der Waals surface area contributed by atoms with E-state index in [9.17, 15) is 9.18 Å². The van der Waals surface area contributed by atoms with E-state index in [1.54, 1.807) is 35.6 Å². The fraction of sp³-hybridized carbons (Fsp3) is 0.286. The number of fused-ring (bicyclic) bond motifs is 1. The molecule has 0 atom stereocenters. The third-order valence-electron chi connectivity index (χ3n) is 6.35. The fourth-order valence-corrected chi connectivity index (χ4v) is 6.11. The number of pyridine rings is 1. The highest BCUT2D eigenvalue weighted by Gasteiger charge is 2.17. The summed E-state index contributed by atoms with van der Waals surface area (Å²) in [5, 5.41) is 4.59. The number of nitrogens with zero attached hydrogens (tertiary/aromatic N) is 2. The van der Waals surface area contributed by atoms with Gasteiger partial charge in [-0.1, -0.05) is 48.1 Å². The number of thiophene rings is 1. The predicted octanol–water partition coefficient (Wildman–Crippen LogP) is 5.96. The molecule has 4 aromatic rings. The van der Waals surface area contributed by atoms with Crippen LogP contribution in [0.5, 0.6) is 0 Å². The van der Waals surface area contributed by atoms with Gasteiger partial charge < -0.3 is 14.6 Å². The zero-order valence-electron chi connectivity index (χ0n) is 20.2. The Balaban J connectivity index is 1.42. The zero-order chi connectivity index (χ0) is 25.8. The Morgan fingerprint density at radius 3 is 2.62 bits per heavy atom. The second-order valence-corrected chi connectivity index (χ2v) is 11.1. The minimum atomic E-state index is -0.268. The lowest BCUT2D eigenvalue weighted by Crippen LogP contribution is -2.35. The van der Waals surface area contributed by atoms with Crippen LogP contribution in [0.1, 0.15) is 21.6 Å². The number of morpholine rings is 1. The highest BCUT2D eigenvalue weighted by atomic mass is 35.5. The Bertz CT molecular complexity index is 1460. The Morgan fingerprint density at radius 1 is 1.08 bits per heavy atom. The maximum absolute atomic E-state index is 13.9. The lowest BCUT2D eigenvalue weighted by atomic mass is 10.1. The van der Waals surface area contributed by atoms with Gasteiger partial charge in [0, 0.05) is 54.2 Å². The van der Waals surface area contributed by atoms with Crippen molar-refractivity contribution in [2.45, 2.75) is 26.1 Å². The van der Waals surface area contributed by atoms with Crippen molar-refractivity contribution in [1.82, 2.24) is 14.8 Å². The van der Waals surface area contributed by atoms with Gasteiger partial charge in [-0.25, -0.2) is 4.39 Å². The van der Waals surface area contributed by atoms with Crippen LogP contribution in [0.15, 0.2) is 60.8 Å². The van der Waals surface area contributed by atoms with Crippen LogP contribution in [0.2, 0.25) is 5.02 Å². The molecule has 37 heavy (non-hydrogen) atoms. The van der Waals surface area contributed by atoms with Crippen LogP contribution in [0.4, 0.5) is 4.39 Å². The highest BCUT2D eigenvalue weighted by Crippen LogP contribution is 2.30. The molecule has 1 saturated heterocycles. The normalized spacial score (nSPS) is 14.2. The van der Waals surface area contributed by atoms with E-state index in [2.05, 4.69) is 20.9 Å². The number of ether oxygens (including phenoxy) is 1. The van der Waals surface area contributed by atoms with Crippen LogP contribution in [-0.2, 0) is 35.6 Å². The molecule has 192 valence electrons. The Hall–Kier alpha value is -2.62. The minimum Gasteiger partial charge on any atom is -0.379 e. The van der Waals surface area contributed by atoms with Crippen LogP contribution >= 0.6 is 35.2 Å². The first-order chi connectivity index (χ1) is 17.9. The summed E-state index contributed by atoms with van der Waals surface area (Å²) in [7, 11) is 0. The van der Waals surface area contributed by atoms with Gasteiger partial charge in [-0.2, -0.15) is 0 Å². The van der Waals surface area contributed by atoms with Gasteiger partial charge in [-0.05, 0) is 47.0 Å². The largest absolute Gasteiger partial charge is 0.379 e. The van der Waals surface area contributed by atoms with Crippen molar-refractivity contribution in [3.05, 3.63) is 97.7 Å². The predicted molar refractivity (Wildman–Crippen MR) is 149 cm³/mol. The molecule has 1 N–H and O–H groups in total. The molecule has 1 aliphatic heterocycles. The molecule has 0 spiro atoms. The average Bonchev–Trinajstić information content (AvgIpc) is 3.31. The van der Waals surface area contributed by atoms with Gasteiger partial charge in [0.25, 0.3) is 0 Å². The number of amides is 1. The molecule has 1 fully saturated rings. The van der Waals surface area contributed by atoms with Gasteiger partial charge in [0.1, 0.15) is 10.6 Å². The van der Waals surface area contributed by atoms with Crippen molar-refractivity contribution < 1.29 is 13.9 Å². The second kappa shape index (κ2) is 11.8. The van der Waals surface area contributed by atoms with E-state index in [-0.39, 0.29) is 18.1 Å². The summed E-state index contributed by atoms with van der Waals surface area (Å²) in [6.45, 7) is 5.01. The van der Waals surface area contributed by atoms with Crippen molar-refractivity contribution in [1.29, 1.82) is 0 Å². The Morgan fingerprint density at radius 2 is 1.86 bits per heavy atom. The van der Waals surface area contributed by atoms with Gasteiger partial charge in [0.15, 0.2) is 0 Å². The van der Waals surface area contributed by atoms with Crippen LogP contribution < -0.4 is 5.32 Å². The van der Waals surface area contributed by atoms with Crippen molar-refractivity contribution in [2.24, 2.45) is 0 Å². The lowest BCUT2D eigenvalue weighted by Gasteiger charge is -2.25. The highest BCUT2D eigenvalue weighted by molar-refractivity contribution is 7.71. The van der Waals surface area contributed by atoms with Gasteiger partial charge in [-0.15, -0.1) is 11.3 Å². The second-order valence-electron chi connectivity index (χ2n) is 9.14. The maximum Gasteiger partial charge on any atom is 0.224 e. The van der Waals surface area contributed by atoms with Crippen molar-refractivity contribution in [3.63, 3.8) is 0 Å². The number of hydrogen-bond acceptors (Lipinski definition) is 5. The van der Waals surface area contributed by atoms with Crippen molar-refractivity contribution >= 4 is 51.3 Å².